The molecule has 4 rings (SSSR count). The van der Waals surface area contributed by atoms with Crippen LogP contribution in [0.5, 0.6) is 5.75 Å². The van der Waals surface area contributed by atoms with Crippen molar-refractivity contribution in [1.29, 1.82) is 5.26 Å². The summed E-state index contributed by atoms with van der Waals surface area (Å²) in [5.74, 6) is 0.291. The number of rotatable bonds is 5. The molecule has 0 saturated carbocycles. The van der Waals surface area contributed by atoms with Gasteiger partial charge < -0.3 is 14.5 Å². The van der Waals surface area contributed by atoms with Gasteiger partial charge in [-0.3, -0.25) is 4.79 Å². The van der Waals surface area contributed by atoms with E-state index in [1.54, 1.807) is 34.9 Å². The lowest BCUT2D eigenvalue weighted by atomic mass is 10.1. The predicted molar refractivity (Wildman–Crippen MR) is 128 cm³/mol. The van der Waals surface area contributed by atoms with E-state index in [2.05, 4.69) is 11.0 Å². The Morgan fingerprint density at radius 3 is 2.52 bits per heavy atom. The van der Waals surface area contributed by atoms with Gasteiger partial charge >= 0.3 is 0 Å². The molecule has 0 radical (unpaired) electrons. The Morgan fingerprint density at radius 1 is 1.15 bits per heavy atom. The number of amides is 1. The van der Waals surface area contributed by atoms with Crippen LogP contribution in [0.15, 0.2) is 60.3 Å². The van der Waals surface area contributed by atoms with E-state index in [0.717, 1.165) is 24.3 Å². The van der Waals surface area contributed by atoms with Gasteiger partial charge in [-0.05, 0) is 43.5 Å². The number of nitrogens with zero attached hydrogens (tertiary/aromatic N) is 5. The molecular weight excluding hydrogens is 438 g/mol. The van der Waals surface area contributed by atoms with Gasteiger partial charge in [0, 0.05) is 43.5 Å². The van der Waals surface area contributed by atoms with E-state index in [-0.39, 0.29) is 11.5 Å². The van der Waals surface area contributed by atoms with Gasteiger partial charge in [0.2, 0.25) is 0 Å². The molecule has 7 nitrogen and oxygen atoms in total. The van der Waals surface area contributed by atoms with Gasteiger partial charge in [0.1, 0.15) is 23.1 Å². The van der Waals surface area contributed by atoms with Crippen molar-refractivity contribution in [3.63, 3.8) is 0 Å². The highest BCUT2D eigenvalue weighted by Gasteiger charge is 2.23. The third-order valence-corrected chi connectivity index (χ3v) is 5.93. The molecule has 2 aromatic carbocycles. The predicted octanol–water partition coefficient (Wildman–Crippen LogP) is 3.88. The molecule has 0 atom stereocenters. The molecule has 1 amide bonds. The summed E-state index contributed by atoms with van der Waals surface area (Å²) in [6.07, 6.45) is 3.43. The molecule has 0 spiro atoms. The molecule has 1 saturated heterocycles. The van der Waals surface area contributed by atoms with Gasteiger partial charge in [0.05, 0.1) is 17.8 Å². The summed E-state index contributed by atoms with van der Waals surface area (Å²) in [6, 6.07) is 17.1. The minimum Gasteiger partial charge on any atom is -0.495 e. The summed E-state index contributed by atoms with van der Waals surface area (Å²) >= 11 is 6.36. The van der Waals surface area contributed by atoms with Crippen LogP contribution in [0.25, 0.3) is 23.0 Å². The monoisotopic (exact) mass is 461 g/mol. The lowest BCUT2D eigenvalue weighted by molar-refractivity contribution is -0.128. The van der Waals surface area contributed by atoms with Crippen LogP contribution in [-0.2, 0) is 4.79 Å². The SMILES string of the molecule is COc1ccc(-c2nn(-c3ccccc3)cc2C=C(C#N)C(=O)N2CCN(C)CC2)cc1Cl. The van der Waals surface area contributed by atoms with Crippen LogP contribution in [0.4, 0.5) is 0 Å². The van der Waals surface area contributed by atoms with Crippen LogP contribution in [0, 0.1) is 11.3 Å². The molecule has 33 heavy (non-hydrogen) atoms. The average molecular weight is 462 g/mol. The van der Waals surface area contributed by atoms with Crippen LogP contribution in [0.1, 0.15) is 5.56 Å². The number of carbonyl (C=O) groups is 1. The maximum absolute atomic E-state index is 13.1. The number of para-hydroxylation sites is 1. The number of aromatic nitrogens is 2. The smallest absolute Gasteiger partial charge is 0.264 e. The zero-order chi connectivity index (χ0) is 23.4. The fourth-order valence-corrected chi connectivity index (χ4v) is 3.98. The summed E-state index contributed by atoms with van der Waals surface area (Å²) in [5.41, 5.74) is 2.96. The van der Waals surface area contributed by atoms with Crippen LogP contribution in [0.2, 0.25) is 5.02 Å². The van der Waals surface area contributed by atoms with Crippen molar-refractivity contribution in [3.05, 3.63) is 70.9 Å². The highest BCUT2D eigenvalue weighted by atomic mass is 35.5. The largest absolute Gasteiger partial charge is 0.495 e. The molecular formula is C25H24ClN5O2. The van der Waals surface area contributed by atoms with E-state index in [1.807, 2.05) is 49.6 Å². The molecule has 0 aliphatic carbocycles. The first-order valence-electron chi connectivity index (χ1n) is 10.6. The first-order valence-corrected chi connectivity index (χ1v) is 11.0. The molecule has 0 bridgehead atoms. The Balaban J connectivity index is 1.77. The van der Waals surface area contributed by atoms with Gasteiger partial charge in [-0.25, -0.2) is 4.68 Å². The minimum absolute atomic E-state index is 0.0769. The van der Waals surface area contributed by atoms with Crippen molar-refractivity contribution in [3.8, 4) is 28.8 Å². The van der Waals surface area contributed by atoms with E-state index in [1.165, 1.54) is 0 Å². The Kier molecular flexibility index (Phi) is 6.78. The van der Waals surface area contributed by atoms with Crippen LogP contribution in [0.3, 0.4) is 0 Å². The summed E-state index contributed by atoms with van der Waals surface area (Å²) < 4.78 is 6.99. The maximum Gasteiger partial charge on any atom is 0.264 e. The average Bonchev–Trinajstić information content (AvgIpc) is 3.27. The van der Waals surface area contributed by atoms with Gasteiger partial charge in [-0.1, -0.05) is 29.8 Å². The summed E-state index contributed by atoms with van der Waals surface area (Å²) in [4.78, 5) is 16.9. The number of likely N-dealkylation sites (N-methyl/N-ethyl adjacent to an activating group) is 1. The Morgan fingerprint density at radius 2 is 1.88 bits per heavy atom. The first kappa shape index (κ1) is 22.6. The second-order valence-electron chi connectivity index (χ2n) is 7.83. The lowest BCUT2D eigenvalue weighted by Crippen LogP contribution is -2.47. The van der Waals surface area contributed by atoms with Crippen LogP contribution < -0.4 is 4.74 Å². The second-order valence-corrected chi connectivity index (χ2v) is 8.23. The number of piperazine rings is 1. The molecule has 1 aliphatic heterocycles. The van der Waals surface area contributed by atoms with Crippen molar-refractivity contribution >= 4 is 23.6 Å². The number of ether oxygens (including phenoxy) is 1. The van der Waals surface area contributed by atoms with E-state index >= 15 is 0 Å². The van der Waals surface area contributed by atoms with Crippen molar-refractivity contribution in [2.24, 2.45) is 0 Å². The number of benzene rings is 2. The Bertz CT molecular complexity index is 1220. The fourth-order valence-electron chi connectivity index (χ4n) is 3.72. The molecule has 0 N–H and O–H groups in total. The molecule has 1 aromatic heterocycles. The van der Waals surface area contributed by atoms with Crippen molar-refractivity contribution < 1.29 is 9.53 Å². The number of carbonyl (C=O) groups excluding carboxylic acids is 1. The third kappa shape index (κ3) is 4.92. The maximum atomic E-state index is 13.1. The molecule has 1 aliphatic rings. The Labute approximate surface area is 198 Å². The van der Waals surface area contributed by atoms with Gasteiger partial charge in [-0.15, -0.1) is 0 Å². The second kappa shape index (κ2) is 9.90. The highest BCUT2D eigenvalue weighted by Crippen LogP contribution is 2.32. The highest BCUT2D eigenvalue weighted by molar-refractivity contribution is 6.32. The minimum atomic E-state index is -0.267. The van der Waals surface area contributed by atoms with Crippen molar-refractivity contribution in [2.75, 3.05) is 40.3 Å². The first-order chi connectivity index (χ1) is 16.0. The molecule has 0 unspecified atom stereocenters. The number of halogens is 1. The summed E-state index contributed by atoms with van der Waals surface area (Å²) in [7, 11) is 3.58. The van der Waals surface area contributed by atoms with E-state index in [0.29, 0.717) is 35.1 Å². The van der Waals surface area contributed by atoms with Gasteiger partial charge in [0.25, 0.3) is 5.91 Å². The standard InChI is InChI=1S/C25H24ClN5O2/c1-29-10-12-30(13-11-29)25(32)19(16-27)14-20-17-31(21-6-4-3-5-7-21)28-24(20)18-8-9-23(33-2)22(26)15-18/h3-9,14-15,17H,10-13H2,1-2H3. The molecule has 168 valence electrons. The lowest BCUT2D eigenvalue weighted by Gasteiger charge is -2.32. The number of nitriles is 1. The number of hydrogen-bond acceptors (Lipinski definition) is 5. The van der Waals surface area contributed by atoms with E-state index in [9.17, 15) is 10.1 Å². The van der Waals surface area contributed by atoms with Gasteiger partial charge in [-0.2, -0.15) is 10.4 Å². The van der Waals surface area contributed by atoms with Crippen LogP contribution >= 0.6 is 11.6 Å². The van der Waals surface area contributed by atoms with Gasteiger partial charge in [0.15, 0.2) is 0 Å². The molecule has 3 aromatic rings. The topological polar surface area (TPSA) is 74.4 Å². The molecule has 8 heteroatoms. The summed E-state index contributed by atoms with van der Waals surface area (Å²) in [5, 5.41) is 15.0. The number of methoxy groups -OCH3 is 1. The normalized spacial score (nSPS) is 14.7. The number of hydrogen-bond donors (Lipinski definition) is 0. The fraction of sp³-hybridized carbons (Fsp3) is 0.240. The van der Waals surface area contributed by atoms with Crippen molar-refractivity contribution in [2.45, 2.75) is 0 Å². The third-order valence-electron chi connectivity index (χ3n) is 5.63. The Hall–Kier alpha value is -3.60. The van der Waals surface area contributed by atoms with Crippen molar-refractivity contribution in [1.82, 2.24) is 19.6 Å². The molecule has 1 fully saturated rings. The zero-order valence-electron chi connectivity index (χ0n) is 18.5. The zero-order valence-corrected chi connectivity index (χ0v) is 19.3. The van der Waals surface area contributed by atoms with Crippen LogP contribution in [-0.4, -0.2) is 65.8 Å². The van der Waals surface area contributed by atoms with E-state index in [4.69, 9.17) is 21.4 Å². The molecule has 2 heterocycles. The summed E-state index contributed by atoms with van der Waals surface area (Å²) in [6.45, 7) is 2.76. The van der Waals surface area contributed by atoms with E-state index < -0.39 is 0 Å². The quantitative estimate of drug-likeness (QED) is 0.426.